The summed E-state index contributed by atoms with van der Waals surface area (Å²) < 4.78 is 7.07. The summed E-state index contributed by atoms with van der Waals surface area (Å²) in [6, 6.07) is 7.87. The second-order valence-corrected chi connectivity index (χ2v) is 6.23. The number of para-hydroxylation sites is 2. The average molecular weight is 340 g/mol. The molecule has 1 aliphatic carbocycles. The van der Waals surface area contributed by atoms with Crippen LogP contribution in [0.25, 0.3) is 16.9 Å². The lowest BCUT2D eigenvalue weighted by Crippen LogP contribution is -2.28. The fourth-order valence-corrected chi connectivity index (χ4v) is 3.17. The Kier molecular flexibility index (Phi) is 4.19. The number of rotatable bonds is 4. The first-order chi connectivity index (χ1) is 12.2. The van der Waals surface area contributed by atoms with Crippen molar-refractivity contribution in [2.24, 2.45) is 0 Å². The second kappa shape index (κ2) is 6.64. The molecule has 0 unspecified atom stereocenters. The van der Waals surface area contributed by atoms with Gasteiger partial charge in [-0.1, -0.05) is 17.3 Å². The van der Waals surface area contributed by atoms with Crippen molar-refractivity contribution in [1.82, 2.24) is 25.0 Å². The molecule has 1 fully saturated rings. The molecule has 1 aliphatic rings. The Labute approximate surface area is 144 Å². The van der Waals surface area contributed by atoms with Gasteiger partial charge in [0.15, 0.2) is 11.2 Å². The summed E-state index contributed by atoms with van der Waals surface area (Å²) in [7, 11) is 1.62. The Hall–Kier alpha value is -2.74. The van der Waals surface area contributed by atoms with E-state index in [4.69, 9.17) is 4.74 Å². The van der Waals surface area contributed by atoms with Crippen molar-refractivity contribution in [3.63, 3.8) is 0 Å². The maximum Gasteiger partial charge on any atom is 0.225 e. The van der Waals surface area contributed by atoms with Crippen molar-refractivity contribution in [2.75, 3.05) is 12.4 Å². The van der Waals surface area contributed by atoms with Gasteiger partial charge in [0.1, 0.15) is 11.4 Å². The Morgan fingerprint density at radius 1 is 1.20 bits per heavy atom. The second-order valence-electron chi connectivity index (χ2n) is 6.23. The summed E-state index contributed by atoms with van der Waals surface area (Å²) in [6.45, 7) is 0. The van der Waals surface area contributed by atoms with Crippen LogP contribution in [0.4, 0.5) is 5.95 Å². The maximum atomic E-state index is 9.63. The van der Waals surface area contributed by atoms with Crippen LogP contribution >= 0.6 is 0 Å². The van der Waals surface area contributed by atoms with E-state index in [-0.39, 0.29) is 12.1 Å². The van der Waals surface area contributed by atoms with Crippen LogP contribution in [0.5, 0.6) is 5.75 Å². The molecule has 4 rings (SSSR count). The molecule has 0 amide bonds. The predicted molar refractivity (Wildman–Crippen MR) is 92.9 cm³/mol. The number of hydrogen-bond acceptors (Lipinski definition) is 7. The Bertz CT molecular complexity index is 872. The summed E-state index contributed by atoms with van der Waals surface area (Å²) in [5.41, 5.74) is 2.02. The van der Waals surface area contributed by atoms with Gasteiger partial charge in [0.25, 0.3) is 0 Å². The highest BCUT2D eigenvalue weighted by Gasteiger charge is 2.20. The van der Waals surface area contributed by atoms with Gasteiger partial charge in [0, 0.05) is 6.04 Å². The van der Waals surface area contributed by atoms with Crippen LogP contribution in [-0.4, -0.2) is 49.3 Å². The predicted octanol–water partition coefficient (Wildman–Crippen LogP) is 1.93. The topological polar surface area (TPSA) is 98.0 Å². The number of aromatic nitrogens is 5. The molecule has 8 nitrogen and oxygen atoms in total. The quantitative estimate of drug-likeness (QED) is 0.749. The zero-order valence-electron chi connectivity index (χ0n) is 14.0. The molecule has 130 valence electrons. The molecule has 25 heavy (non-hydrogen) atoms. The fourth-order valence-electron chi connectivity index (χ4n) is 3.17. The number of nitrogens with one attached hydrogen (secondary N) is 1. The zero-order chi connectivity index (χ0) is 17.2. The first kappa shape index (κ1) is 15.8. The first-order valence-electron chi connectivity index (χ1n) is 8.41. The number of fused-ring (bicyclic) bond motifs is 1. The van der Waals surface area contributed by atoms with E-state index in [1.165, 1.54) is 0 Å². The molecule has 0 aliphatic heterocycles. The molecular formula is C17H20N6O2. The van der Waals surface area contributed by atoms with E-state index in [9.17, 15) is 5.11 Å². The van der Waals surface area contributed by atoms with Gasteiger partial charge in [-0.25, -0.2) is 4.98 Å². The van der Waals surface area contributed by atoms with E-state index < -0.39 is 0 Å². The van der Waals surface area contributed by atoms with Gasteiger partial charge in [0.05, 0.1) is 19.4 Å². The van der Waals surface area contributed by atoms with Gasteiger partial charge >= 0.3 is 0 Å². The SMILES string of the molecule is COc1ccccc1-n1nnc2cnc(NC3CCC(O)CC3)nc21. The third-order valence-corrected chi connectivity index (χ3v) is 4.54. The number of aliphatic hydroxyl groups excluding tert-OH is 1. The van der Waals surface area contributed by atoms with Crippen LogP contribution in [0, 0.1) is 0 Å². The molecule has 0 spiro atoms. The minimum atomic E-state index is -0.183. The molecular weight excluding hydrogens is 320 g/mol. The molecule has 2 aromatic heterocycles. The summed E-state index contributed by atoms with van der Waals surface area (Å²) in [4.78, 5) is 8.94. The highest BCUT2D eigenvalue weighted by Crippen LogP contribution is 2.25. The van der Waals surface area contributed by atoms with Crippen LogP contribution < -0.4 is 10.1 Å². The lowest BCUT2D eigenvalue weighted by atomic mass is 9.93. The van der Waals surface area contributed by atoms with Gasteiger partial charge in [-0.3, -0.25) is 0 Å². The van der Waals surface area contributed by atoms with E-state index in [2.05, 4.69) is 25.6 Å². The number of anilines is 1. The number of ether oxygens (including phenoxy) is 1. The summed E-state index contributed by atoms with van der Waals surface area (Å²) in [5, 5.41) is 21.3. The number of aliphatic hydroxyl groups is 1. The molecule has 1 aromatic carbocycles. The normalized spacial score (nSPS) is 20.6. The molecule has 2 heterocycles. The van der Waals surface area contributed by atoms with Gasteiger partial charge in [0.2, 0.25) is 5.95 Å². The Morgan fingerprint density at radius 2 is 2.00 bits per heavy atom. The van der Waals surface area contributed by atoms with Crippen LogP contribution in [0.3, 0.4) is 0 Å². The van der Waals surface area contributed by atoms with E-state index in [0.717, 1.165) is 31.4 Å². The number of benzene rings is 1. The van der Waals surface area contributed by atoms with Crippen molar-refractivity contribution in [2.45, 2.75) is 37.8 Å². The molecule has 0 radical (unpaired) electrons. The van der Waals surface area contributed by atoms with E-state index in [1.807, 2.05) is 24.3 Å². The van der Waals surface area contributed by atoms with Crippen LogP contribution in [0.1, 0.15) is 25.7 Å². The molecule has 1 saturated carbocycles. The summed E-state index contributed by atoms with van der Waals surface area (Å²) in [6.07, 6.45) is 4.92. The fraction of sp³-hybridized carbons (Fsp3) is 0.412. The van der Waals surface area contributed by atoms with Crippen molar-refractivity contribution in [3.8, 4) is 11.4 Å². The lowest BCUT2D eigenvalue weighted by Gasteiger charge is -2.26. The van der Waals surface area contributed by atoms with Gasteiger partial charge in [-0.05, 0) is 37.8 Å². The molecule has 0 bridgehead atoms. The summed E-state index contributed by atoms with van der Waals surface area (Å²) in [5.74, 6) is 1.25. The minimum Gasteiger partial charge on any atom is -0.494 e. The highest BCUT2D eigenvalue weighted by molar-refractivity contribution is 5.72. The van der Waals surface area contributed by atoms with E-state index >= 15 is 0 Å². The third-order valence-electron chi connectivity index (χ3n) is 4.54. The molecule has 2 N–H and O–H groups in total. The Balaban J connectivity index is 1.66. The van der Waals surface area contributed by atoms with Crippen LogP contribution in [0.2, 0.25) is 0 Å². The van der Waals surface area contributed by atoms with Gasteiger partial charge in [-0.15, -0.1) is 5.10 Å². The van der Waals surface area contributed by atoms with Crippen molar-refractivity contribution >= 4 is 17.1 Å². The molecule has 8 heteroatoms. The molecule has 0 atom stereocenters. The van der Waals surface area contributed by atoms with Crippen LogP contribution in [-0.2, 0) is 0 Å². The molecule has 0 saturated heterocycles. The number of hydrogen-bond donors (Lipinski definition) is 2. The van der Waals surface area contributed by atoms with Gasteiger partial charge < -0.3 is 15.2 Å². The van der Waals surface area contributed by atoms with Gasteiger partial charge in [-0.2, -0.15) is 9.67 Å². The van der Waals surface area contributed by atoms with E-state index in [1.54, 1.807) is 18.0 Å². The van der Waals surface area contributed by atoms with E-state index in [0.29, 0.717) is 22.9 Å². The first-order valence-corrected chi connectivity index (χ1v) is 8.41. The standard InChI is InChI=1S/C17H20N6O2/c1-25-15-5-3-2-4-14(15)23-16-13(21-22-23)10-18-17(20-16)19-11-6-8-12(24)9-7-11/h2-5,10-12,24H,6-9H2,1H3,(H,18,19,20). The maximum absolute atomic E-state index is 9.63. The van der Waals surface area contributed by atoms with Crippen LogP contribution in [0.15, 0.2) is 30.5 Å². The monoisotopic (exact) mass is 340 g/mol. The lowest BCUT2D eigenvalue weighted by molar-refractivity contribution is 0.126. The highest BCUT2D eigenvalue weighted by atomic mass is 16.5. The van der Waals surface area contributed by atoms with Crippen molar-refractivity contribution in [1.29, 1.82) is 0 Å². The third kappa shape index (κ3) is 3.12. The Morgan fingerprint density at radius 3 is 2.80 bits per heavy atom. The largest absolute Gasteiger partial charge is 0.494 e. The average Bonchev–Trinajstić information content (AvgIpc) is 3.06. The van der Waals surface area contributed by atoms with Crippen molar-refractivity contribution in [3.05, 3.63) is 30.5 Å². The molecule has 3 aromatic rings. The number of nitrogens with zero attached hydrogens (tertiary/aromatic N) is 5. The minimum absolute atomic E-state index is 0.183. The smallest absolute Gasteiger partial charge is 0.225 e. The van der Waals surface area contributed by atoms with Crippen molar-refractivity contribution < 1.29 is 9.84 Å². The zero-order valence-corrected chi connectivity index (χ0v) is 14.0. The summed E-state index contributed by atoms with van der Waals surface area (Å²) >= 11 is 0. The number of methoxy groups -OCH3 is 1.